The van der Waals surface area contributed by atoms with Crippen LogP contribution in [0.4, 0.5) is 0 Å². The van der Waals surface area contributed by atoms with E-state index >= 15 is 0 Å². The first-order valence-corrected chi connectivity index (χ1v) is 9.48. The van der Waals surface area contributed by atoms with Crippen LogP contribution in [0.15, 0.2) is 24.3 Å². The molecule has 0 saturated carbocycles. The Labute approximate surface area is 171 Å². The third kappa shape index (κ3) is 9.22. The van der Waals surface area contributed by atoms with Crippen molar-refractivity contribution in [3.8, 4) is 0 Å². The Hall–Kier alpha value is -0.810. The van der Waals surface area contributed by atoms with Gasteiger partial charge in [-0.1, -0.05) is 38.1 Å². The summed E-state index contributed by atoms with van der Waals surface area (Å²) in [6, 6.07) is 8.57. The molecule has 6 heteroatoms. The molecule has 1 fully saturated rings. The number of amides is 1. The zero-order valence-electron chi connectivity index (χ0n) is 16.1. The molecule has 0 bridgehead atoms. The maximum absolute atomic E-state index is 12.1. The second-order valence-corrected chi connectivity index (χ2v) is 6.79. The van der Waals surface area contributed by atoms with Crippen molar-refractivity contribution >= 4 is 30.7 Å². The second-order valence-electron chi connectivity index (χ2n) is 6.79. The average Bonchev–Trinajstić information content (AvgIpc) is 2.64. The maximum Gasteiger partial charge on any atom is 0.220 e. The van der Waals surface area contributed by atoms with E-state index in [4.69, 9.17) is 0 Å². The van der Waals surface area contributed by atoms with Gasteiger partial charge in [-0.2, -0.15) is 0 Å². The smallest absolute Gasteiger partial charge is 0.220 e. The van der Waals surface area contributed by atoms with Gasteiger partial charge in [0.25, 0.3) is 0 Å². The molecule has 1 amide bonds. The minimum Gasteiger partial charge on any atom is -0.352 e. The molecule has 0 atom stereocenters. The zero-order chi connectivity index (χ0) is 17.2. The normalized spacial score (nSPS) is 14.4. The molecule has 0 spiro atoms. The molecular formula is C20H35Cl2N3O. The van der Waals surface area contributed by atoms with Gasteiger partial charge >= 0.3 is 0 Å². The lowest BCUT2D eigenvalue weighted by atomic mass is 9.93. The Balaban J connectivity index is 0.00000312. The van der Waals surface area contributed by atoms with Crippen LogP contribution in [0.25, 0.3) is 0 Å². The van der Waals surface area contributed by atoms with Crippen LogP contribution >= 0.6 is 24.8 Å². The van der Waals surface area contributed by atoms with Gasteiger partial charge in [0, 0.05) is 19.5 Å². The van der Waals surface area contributed by atoms with Gasteiger partial charge in [0.05, 0.1) is 0 Å². The fourth-order valence-electron chi connectivity index (χ4n) is 3.34. The second kappa shape index (κ2) is 14.3. The van der Waals surface area contributed by atoms with Crippen LogP contribution in [0.2, 0.25) is 0 Å². The van der Waals surface area contributed by atoms with Crippen molar-refractivity contribution in [3.05, 3.63) is 35.4 Å². The Kier molecular flexibility index (Phi) is 13.8. The van der Waals surface area contributed by atoms with Crippen LogP contribution < -0.4 is 10.6 Å². The van der Waals surface area contributed by atoms with E-state index < -0.39 is 0 Å². The molecule has 1 heterocycles. The number of halogens is 2. The molecular weight excluding hydrogens is 369 g/mol. The van der Waals surface area contributed by atoms with Crippen molar-refractivity contribution in [1.29, 1.82) is 0 Å². The quantitative estimate of drug-likeness (QED) is 0.659. The molecule has 1 aliphatic rings. The molecule has 4 nitrogen and oxygen atoms in total. The molecule has 1 aromatic carbocycles. The topological polar surface area (TPSA) is 44.4 Å². The van der Waals surface area contributed by atoms with E-state index in [2.05, 4.69) is 53.6 Å². The van der Waals surface area contributed by atoms with Crippen LogP contribution in [-0.4, -0.2) is 37.0 Å². The monoisotopic (exact) mass is 403 g/mol. The predicted octanol–water partition coefficient (Wildman–Crippen LogP) is 3.77. The molecule has 26 heavy (non-hydrogen) atoms. The number of piperidine rings is 1. The van der Waals surface area contributed by atoms with Crippen molar-refractivity contribution < 1.29 is 4.79 Å². The predicted molar refractivity (Wildman–Crippen MR) is 114 cm³/mol. The fourth-order valence-corrected chi connectivity index (χ4v) is 3.34. The van der Waals surface area contributed by atoms with Gasteiger partial charge in [0.2, 0.25) is 5.91 Å². The SMILES string of the molecule is CCN(CC)Cc1cccc(CNC(=O)CCC2CCNCC2)c1.Cl.Cl. The summed E-state index contributed by atoms with van der Waals surface area (Å²) in [5.74, 6) is 0.900. The van der Waals surface area contributed by atoms with Gasteiger partial charge in [-0.15, -0.1) is 24.8 Å². The first kappa shape index (κ1) is 25.2. The molecule has 2 N–H and O–H groups in total. The van der Waals surface area contributed by atoms with Crippen LogP contribution in [0, 0.1) is 5.92 Å². The van der Waals surface area contributed by atoms with E-state index in [9.17, 15) is 4.79 Å². The summed E-state index contributed by atoms with van der Waals surface area (Å²) >= 11 is 0. The Morgan fingerprint density at radius 2 is 1.81 bits per heavy atom. The third-order valence-electron chi connectivity index (χ3n) is 5.02. The third-order valence-corrected chi connectivity index (χ3v) is 5.02. The van der Waals surface area contributed by atoms with Gasteiger partial charge < -0.3 is 10.6 Å². The standard InChI is InChI=1S/C20H33N3O.2ClH/c1-3-23(4-2)16-19-7-5-6-18(14-19)15-22-20(24)9-8-17-10-12-21-13-11-17;;/h5-7,14,17,21H,3-4,8-13,15-16H2,1-2H3,(H,22,24);2*1H. The minimum absolute atomic E-state index is 0. The number of hydrogen-bond acceptors (Lipinski definition) is 3. The maximum atomic E-state index is 12.1. The number of nitrogens with zero attached hydrogens (tertiary/aromatic N) is 1. The van der Waals surface area contributed by atoms with Crippen LogP contribution in [-0.2, 0) is 17.9 Å². The van der Waals surface area contributed by atoms with Crippen molar-refractivity contribution in [2.75, 3.05) is 26.2 Å². The molecule has 0 aromatic heterocycles. The highest BCUT2D eigenvalue weighted by Crippen LogP contribution is 2.17. The van der Waals surface area contributed by atoms with Crippen LogP contribution in [0.5, 0.6) is 0 Å². The summed E-state index contributed by atoms with van der Waals surface area (Å²) in [4.78, 5) is 14.5. The van der Waals surface area contributed by atoms with Crippen LogP contribution in [0.1, 0.15) is 50.7 Å². The zero-order valence-corrected chi connectivity index (χ0v) is 17.8. The number of hydrogen-bond donors (Lipinski definition) is 2. The summed E-state index contributed by atoms with van der Waals surface area (Å²) < 4.78 is 0. The summed E-state index contributed by atoms with van der Waals surface area (Å²) in [6.07, 6.45) is 4.10. The summed E-state index contributed by atoms with van der Waals surface area (Å²) in [6.45, 7) is 10.3. The van der Waals surface area contributed by atoms with E-state index in [0.717, 1.165) is 45.1 Å². The molecule has 150 valence electrons. The van der Waals surface area contributed by atoms with Crippen molar-refractivity contribution in [2.45, 2.75) is 52.6 Å². The molecule has 2 rings (SSSR count). The Morgan fingerprint density at radius 1 is 1.15 bits per heavy atom. The van der Waals surface area contributed by atoms with E-state index in [-0.39, 0.29) is 30.7 Å². The molecule has 1 saturated heterocycles. The van der Waals surface area contributed by atoms with E-state index in [1.54, 1.807) is 0 Å². The highest BCUT2D eigenvalue weighted by atomic mass is 35.5. The van der Waals surface area contributed by atoms with E-state index in [0.29, 0.717) is 13.0 Å². The summed E-state index contributed by atoms with van der Waals surface area (Å²) in [5, 5.41) is 6.45. The average molecular weight is 404 g/mol. The Bertz CT molecular complexity index is 504. The van der Waals surface area contributed by atoms with Gasteiger partial charge in [0.1, 0.15) is 0 Å². The fraction of sp³-hybridized carbons (Fsp3) is 0.650. The molecule has 0 unspecified atom stereocenters. The lowest BCUT2D eigenvalue weighted by Gasteiger charge is -2.22. The highest BCUT2D eigenvalue weighted by Gasteiger charge is 2.14. The van der Waals surface area contributed by atoms with E-state index in [1.807, 2.05) is 0 Å². The molecule has 0 radical (unpaired) electrons. The number of nitrogens with one attached hydrogen (secondary N) is 2. The molecule has 1 aromatic rings. The highest BCUT2D eigenvalue weighted by molar-refractivity contribution is 5.85. The Morgan fingerprint density at radius 3 is 2.46 bits per heavy atom. The summed E-state index contributed by atoms with van der Waals surface area (Å²) in [5.41, 5.74) is 2.51. The number of benzene rings is 1. The largest absolute Gasteiger partial charge is 0.352 e. The van der Waals surface area contributed by atoms with Crippen molar-refractivity contribution in [1.82, 2.24) is 15.5 Å². The summed E-state index contributed by atoms with van der Waals surface area (Å²) in [7, 11) is 0. The number of carbonyl (C=O) groups is 1. The first-order valence-electron chi connectivity index (χ1n) is 9.48. The minimum atomic E-state index is 0. The van der Waals surface area contributed by atoms with Gasteiger partial charge in [0.15, 0.2) is 0 Å². The molecule has 0 aliphatic carbocycles. The number of carbonyl (C=O) groups excluding carboxylic acids is 1. The van der Waals surface area contributed by atoms with Gasteiger partial charge in [-0.25, -0.2) is 0 Å². The first-order chi connectivity index (χ1) is 11.7. The van der Waals surface area contributed by atoms with Gasteiger partial charge in [-0.05, 0) is 62.5 Å². The van der Waals surface area contributed by atoms with Gasteiger partial charge in [-0.3, -0.25) is 9.69 Å². The lowest BCUT2D eigenvalue weighted by molar-refractivity contribution is -0.121. The van der Waals surface area contributed by atoms with E-state index in [1.165, 1.54) is 24.0 Å². The van der Waals surface area contributed by atoms with Crippen molar-refractivity contribution in [2.24, 2.45) is 5.92 Å². The van der Waals surface area contributed by atoms with Crippen molar-refractivity contribution in [3.63, 3.8) is 0 Å². The number of rotatable bonds is 9. The molecule has 1 aliphatic heterocycles. The van der Waals surface area contributed by atoms with Crippen LogP contribution in [0.3, 0.4) is 0 Å². The lowest BCUT2D eigenvalue weighted by Crippen LogP contribution is -2.29.